The first-order valence-corrected chi connectivity index (χ1v) is 12.9. The van der Waals surface area contributed by atoms with E-state index in [-0.39, 0.29) is 54.5 Å². The van der Waals surface area contributed by atoms with Gasteiger partial charge in [0.15, 0.2) is 11.6 Å². The normalized spacial score (nSPS) is 14.3. The lowest BCUT2D eigenvalue weighted by Crippen LogP contribution is -2.38. The van der Waals surface area contributed by atoms with Crippen LogP contribution < -0.4 is 20.4 Å². The number of hydrogen-bond acceptors (Lipinski definition) is 6. The smallest absolute Gasteiger partial charge is 0.492 e. The second-order valence-corrected chi connectivity index (χ2v) is 10.1. The number of carbonyl (C=O) groups is 2. The highest BCUT2D eigenvalue weighted by Gasteiger charge is 2.33. The number of halogens is 6. The Morgan fingerprint density at radius 3 is 2.44 bits per heavy atom. The number of hydrogen-bond donors (Lipinski definition) is 2. The van der Waals surface area contributed by atoms with Crippen LogP contribution >= 0.6 is 23.2 Å². The fraction of sp³-hybridized carbons (Fsp3) is 0.346. The Hall–Kier alpha value is -3.71. The van der Waals surface area contributed by atoms with E-state index in [9.17, 15) is 27.6 Å². The summed E-state index contributed by atoms with van der Waals surface area (Å²) in [6.07, 6.45) is -5.72. The number of benzene rings is 2. The van der Waals surface area contributed by atoms with E-state index in [1.54, 1.807) is 0 Å². The van der Waals surface area contributed by atoms with Crippen LogP contribution in [0.4, 0.5) is 28.0 Å². The molecule has 0 radical (unpaired) electrons. The predicted octanol–water partition coefficient (Wildman–Crippen LogP) is 5.61. The lowest BCUT2D eigenvalue weighted by atomic mass is 10.0. The van der Waals surface area contributed by atoms with Gasteiger partial charge in [0.2, 0.25) is 5.43 Å². The van der Waals surface area contributed by atoms with Crippen molar-refractivity contribution in [2.75, 3.05) is 25.1 Å². The maximum atomic E-state index is 15.5. The van der Waals surface area contributed by atoms with Crippen molar-refractivity contribution in [2.24, 2.45) is 0 Å². The zero-order valence-electron chi connectivity index (χ0n) is 21.4. The summed E-state index contributed by atoms with van der Waals surface area (Å²) in [6.45, 7) is -1.56. The molecule has 0 bridgehead atoms. The van der Waals surface area contributed by atoms with E-state index in [0.717, 1.165) is 19.4 Å². The van der Waals surface area contributed by atoms with Crippen molar-refractivity contribution in [2.45, 2.75) is 38.2 Å². The van der Waals surface area contributed by atoms with Gasteiger partial charge in [0, 0.05) is 48.7 Å². The highest BCUT2D eigenvalue weighted by atomic mass is 35.5. The van der Waals surface area contributed by atoms with E-state index in [4.69, 9.17) is 37.8 Å². The highest BCUT2D eigenvalue weighted by Crippen LogP contribution is 2.40. The first kappa shape index (κ1) is 30.3. The largest absolute Gasteiger partial charge is 0.506 e. The van der Waals surface area contributed by atoms with Crippen LogP contribution in [0.15, 0.2) is 35.3 Å². The SMILES string of the molecule is COc1c(N2CCC(OC(=O)O)CC2)c(F)cc2c(=O)c(C(=O)NCc3ccc(Cl)cc3Cl)cn(CC(F)(F)F)c12. The number of piperidine rings is 1. The molecular formula is C26H23Cl2F4N3O6. The molecule has 1 saturated heterocycles. The second-order valence-electron chi connectivity index (χ2n) is 9.24. The van der Waals surface area contributed by atoms with Gasteiger partial charge in [0.25, 0.3) is 5.91 Å². The third-order valence-corrected chi connectivity index (χ3v) is 7.11. The molecule has 0 aliphatic carbocycles. The number of methoxy groups -OCH3 is 1. The predicted molar refractivity (Wildman–Crippen MR) is 143 cm³/mol. The third-order valence-electron chi connectivity index (χ3n) is 6.52. The standard InChI is InChI=1S/C26H23Cl2F4N3O6/c1-40-23-20-16(9-19(29)21(23)34-6-4-15(5-7-34)41-25(38)39)22(36)17(11-35(20)12-26(30,31)32)24(37)33-10-13-2-3-14(27)8-18(13)28/h2-3,8-9,11,15H,4-7,10,12H2,1H3,(H,33,37)(H,38,39). The second kappa shape index (κ2) is 12.0. The average molecular weight is 620 g/mol. The van der Waals surface area contributed by atoms with Gasteiger partial charge in [0.05, 0.1) is 18.0 Å². The van der Waals surface area contributed by atoms with E-state index in [1.165, 1.54) is 23.1 Å². The van der Waals surface area contributed by atoms with Gasteiger partial charge in [-0.05, 0) is 23.8 Å². The Kier molecular flexibility index (Phi) is 8.88. The maximum Gasteiger partial charge on any atom is 0.506 e. The van der Waals surface area contributed by atoms with Gasteiger partial charge in [-0.3, -0.25) is 9.59 Å². The number of aromatic nitrogens is 1. The molecule has 0 unspecified atom stereocenters. The van der Waals surface area contributed by atoms with E-state index in [1.807, 2.05) is 0 Å². The van der Waals surface area contributed by atoms with Crippen LogP contribution in [-0.2, 0) is 17.8 Å². The number of amides is 1. The zero-order valence-corrected chi connectivity index (χ0v) is 22.9. The topological polar surface area (TPSA) is 110 Å². The van der Waals surface area contributed by atoms with Crippen molar-refractivity contribution in [3.63, 3.8) is 0 Å². The molecule has 1 fully saturated rings. The highest BCUT2D eigenvalue weighted by molar-refractivity contribution is 6.35. The Morgan fingerprint density at radius 2 is 1.85 bits per heavy atom. The van der Waals surface area contributed by atoms with Crippen LogP contribution in [0.3, 0.4) is 0 Å². The van der Waals surface area contributed by atoms with Gasteiger partial charge in [-0.2, -0.15) is 13.2 Å². The van der Waals surface area contributed by atoms with Crippen molar-refractivity contribution in [3.8, 4) is 5.75 Å². The van der Waals surface area contributed by atoms with Gasteiger partial charge in [0.1, 0.15) is 23.9 Å². The molecule has 15 heteroatoms. The van der Waals surface area contributed by atoms with Crippen molar-refractivity contribution in [1.82, 2.24) is 9.88 Å². The fourth-order valence-corrected chi connectivity index (χ4v) is 5.21. The molecular weight excluding hydrogens is 597 g/mol. The molecule has 9 nitrogen and oxygen atoms in total. The molecule has 1 amide bonds. The summed E-state index contributed by atoms with van der Waals surface area (Å²) in [7, 11) is 1.12. The summed E-state index contributed by atoms with van der Waals surface area (Å²) >= 11 is 12.0. The van der Waals surface area contributed by atoms with E-state index < -0.39 is 53.1 Å². The van der Waals surface area contributed by atoms with Gasteiger partial charge >= 0.3 is 12.3 Å². The molecule has 4 rings (SSSR count). The summed E-state index contributed by atoms with van der Waals surface area (Å²) < 4.78 is 67.3. The third kappa shape index (κ3) is 6.79. The Bertz CT molecular complexity index is 1560. The van der Waals surface area contributed by atoms with Crippen LogP contribution in [0.1, 0.15) is 28.8 Å². The molecule has 0 atom stereocenters. The zero-order chi connectivity index (χ0) is 30.1. The summed E-state index contributed by atoms with van der Waals surface area (Å²) in [5.74, 6) is -2.30. The molecule has 1 aromatic heterocycles. The lowest BCUT2D eigenvalue weighted by molar-refractivity contribution is -0.140. The van der Waals surface area contributed by atoms with Crippen LogP contribution in [0.25, 0.3) is 10.9 Å². The van der Waals surface area contributed by atoms with Crippen molar-refractivity contribution < 1.29 is 41.7 Å². The number of ether oxygens (including phenoxy) is 2. The van der Waals surface area contributed by atoms with Crippen LogP contribution in [0.2, 0.25) is 10.0 Å². The first-order valence-electron chi connectivity index (χ1n) is 12.2. The maximum absolute atomic E-state index is 15.5. The average Bonchev–Trinajstić information content (AvgIpc) is 2.88. The quantitative estimate of drug-likeness (QED) is 0.261. The van der Waals surface area contributed by atoms with Gasteiger partial charge < -0.3 is 29.4 Å². The number of fused-ring (bicyclic) bond motifs is 1. The number of pyridine rings is 1. The molecule has 0 spiro atoms. The lowest BCUT2D eigenvalue weighted by Gasteiger charge is -2.34. The minimum atomic E-state index is -4.78. The summed E-state index contributed by atoms with van der Waals surface area (Å²) in [6, 6.07) is 5.27. The molecule has 1 aliphatic heterocycles. The minimum Gasteiger partial charge on any atom is -0.492 e. The fourth-order valence-electron chi connectivity index (χ4n) is 4.73. The summed E-state index contributed by atoms with van der Waals surface area (Å²) in [4.78, 5) is 38.7. The number of anilines is 1. The van der Waals surface area contributed by atoms with Gasteiger partial charge in [-0.25, -0.2) is 9.18 Å². The molecule has 41 heavy (non-hydrogen) atoms. The molecule has 1 aliphatic rings. The van der Waals surface area contributed by atoms with Crippen molar-refractivity contribution in [3.05, 3.63) is 67.7 Å². The van der Waals surface area contributed by atoms with Crippen LogP contribution in [-0.4, -0.2) is 54.2 Å². The van der Waals surface area contributed by atoms with Crippen LogP contribution in [0, 0.1) is 5.82 Å². The number of nitrogens with zero attached hydrogens (tertiary/aromatic N) is 2. The number of carboxylic acid groups (broad SMARTS) is 1. The van der Waals surface area contributed by atoms with E-state index in [2.05, 4.69) is 5.32 Å². The number of rotatable bonds is 7. The Labute approximate surface area is 240 Å². The first-order chi connectivity index (χ1) is 19.3. The summed E-state index contributed by atoms with van der Waals surface area (Å²) in [5.41, 5.74) is -1.76. The summed E-state index contributed by atoms with van der Waals surface area (Å²) in [5, 5.41) is 11.4. The Balaban J connectivity index is 1.78. The Morgan fingerprint density at radius 1 is 1.17 bits per heavy atom. The number of nitrogens with one attached hydrogen (secondary N) is 1. The molecule has 0 saturated carbocycles. The molecule has 2 heterocycles. The van der Waals surface area contributed by atoms with Crippen molar-refractivity contribution >= 4 is 51.9 Å². The van der Waals surface area contributed by atoms with Crippen LogP contribution in [0.5, 0.6) is 5.75 Å². The number of alkyl halides is 3. The molecule has 2 N–H and O–H groups in total. The number of carbonyl (C=O) groups excluding carboxylic acids is 1. The van der Waals surface area contributed by atoms with Crippen molar-refractivity contribution in [1.29, 1.82) is 0 Å². The van der Waals surface area contributed by atoms with E-state index in [0.29, 0.717) is 15.2 Å². The molecule has 220 valence electrons. The molecule has 3 aromatic rings. The monoisotopic (exact) mass is 619 g/mol. The minimum absolute atomic E-state index is 0.105. The molecule has 2 aromatic carbocycles. The van der Waals surface area contributed by atoms with Gasteiger partial charge in [-0.1, -0.05) is 29.3 Å². The van der Waals surface area contributed by atoms with E-state index >= 15 is 4.39 Å². The van der Waals surface area contributed by atoms with Gasteiger partial charge in [-0.15, -0.1) is 0 Å².